The summed E-state index contributed by atoms with van der Waals surface area (Å²) in [6.07, 6.45) is 5.07. The molecule has 0 radical (unpaired) electrons. The first-order valence-electron chi connectivity index (χ1n) is 6.09. The minimum absolute atomic E-state index is 0.468. The highest BCUT2D eigenvalue weighted by atomic mass is 79.9. The Labute approximate surface area is 106 Å². The van der Waals surface area contributed by atoms with E-state index in [1.165, 1.54) is 18.4 Å². The molecule has 0 aliphatic heterocycles. The molecule has 1 N–H and O–H groups in total. The highest BCUT2D eigenvalue weighted by molar-refractivity contribution is 9.10. The molecule has 1 nitrogen and oxygen atoms in total. The summed E-state index contributed by atoms with van der Waals surface area (Å²) in [6.45, 7) is 2.22. The largest absolute Gasteiger partial charge is 0.390 e. The van der Waals surface area contributed by atoms with Crippen LogP contribution >= 0.6 is 15.9 Å². The summed E-state index contributed by atoms with van der Waals surface area (Å²) in [5, 5.41) is 10.5. The minimum Gasteiger partial charge on any atom is -0.390 e. The van der Waals surface area contributed by atoms with Gasteiger partial charge in [0.1, 0.15) is 0 Å². The molecule has 0 heterocycles. The van der Waals surface area contributed by atoms with Crippen LogP contribution < -0.4 is 0 Å². The Morgan fingerprint density at radius 3 is 2.81 bits per heavy atom. The van der Waals surface area contributed by atoms with E-state index >= 15 is 0 Å². The van der Waals surface area contributed by atoms with Crippen molar-refractivity contribution in [3.8, 4) is 0 Å². The first kappa shape index (κ1) is 12.1. The van der Waals surface area contributed by atoms with Gasteiger partial charge in [-0.2, -0.15) is 0 Å². The van der Waals surface area contributed by atoms with Crippen molar-refractivity contribution in [3.63, 3.8) is 0 Å². The van der Waals surface area contributed by atoms with E-state index in [4.69, 9.17) is 0 Å². The van der Waals surface area contributed by atoms with Crippen LogP contribution in [0.1, 0.15) is 38.2 Å². The van der Waals surface area contributed by atoms with E-state index in [-0.39, 0.29) is 0 Å². The molecular weight excluding hydrogens is 264 g/mol. The van der Waals surface area contributed by atoms with E-state index in [2.05, 4.69) is 28.9 Å². The molecule has 2 unspecified atom stereocenters. The number of rotatable bonds is 3. The van der Waals surface area contributed by atoms with Crippen LogP contribution in [0.4, 0.5) is 0 Å². The zero-order valence-electron chi connectivity index (χ0n) is 9.75. The summed E-state index contributed by atoms with van der Waals surface area (Å²) in [6, 6.07) is 8.20. The molecule has 0 aromatic heterocycles. The molecule has 1 fully saturated rings. The van der Waals surface area contributed by atoms with E-state index in [9.17, 15) is 5.11 Å². The van der Waals surface area contributed by atoms with E-state index in [0.29, 0.717) is 5.92 Å². The van der Waals surface area contributed by atoms with Crippen LogP contribution in [0.25, 0.3) is 0 Å². The molecule has 1 aromatic carbocycles. The van der Waals surface area contributed by atoms with Crippen LogP contribution in [-0.4, -0.2) is 10.7 Å². The maximum absolute atomic E-state index is 10.5. The average Bonchev–Trinajstić information content (AvgIpc) is 2.64. The fraction of sp³-hybridized carbons (Fsp3) is 0.571. The molecule has 1 aromatic rings. The van der Waals surface area contributed by atoms with Gasteiger partial charge in [-0.15, -0.1) is 0 Å². The summed E-state index contributed by atoms with van der Waals surface area (Å²) in [5.41, 5.74) is 0.756. The standard InChI is InChI=1S/C14H19BrO/c1-2-11-7-8-14(16,9-11)10-12-5-3-4-6-13(12)15/h3-6,11,16H,2,7-10H2,1H3. The summed E-state index contributed by atoms with van der Waals surface area (Å²) in [7, 11) is 0. The average molecular weight is 283 g/mol. The number of aliphatic hydroxyl groups is 1. The Bertz CT molecular complexity index is 364. The highest BCUT2D eigenvalue weighted by Crippen LogP contribution is 2.39. The summed E-state index contributed by atoms with van der Waals surface area (Å²) in [5.74, 6) is 0.715. The first-order valence-corrected chi connectivity index (χ1v) is 6.88. The monoisotopic (exact) mass is 282 g/mol. The van der Waals surface area contributed by atoms with E-state index < -0.39 is 5.60 Å². The van der Waals surface area contributed by atoms with Gasteiger partial charge >= 0.3 is 0 Å². The molecule has 2 atom stereocenters. The van der Waals surface area contributed by atoms with Gasteiger partial charge < -0.3 is 5.11 Å². The topological polar surface area (TPSA) is 20.2 Å². The van der Waals surface area contributed by atoms with Gasteiger partial charge in [0.2, 0.25) is 0 Å². The second-order valence-electron chi connectivity index (χ2n) is 5.01. The zero-order valence-corrected chi connectivity index (χ0v) is 11.3. The van der Waals surface area contributed by atoms with Crippen LogP contribution in [0, 0.1) is 5.92 Å². The van der Waals surface area contributed by atoms with Crippen LogP contribution in [0.2, 0.25) is 0 Å². The molecule has 0 amide bonds. The predicted molar refractivity (Wildman–Crippen MR) is 70.4 cm³/mol. The van der Waals surface area contributed by atoms with Gasteiger partial charge in [-0.3, -0.25) is 0 Å². The lowest BCUT2D eigenvalue weighted by Gasteiger charge is -2.23. The second-order valence-corrected chi connectivity index (χ2v) is 5.86. The maximum atomic E-state index is 10.5. The van der Waals surface area contributed by atoms with Gasteiger partial charge in [0.15, 0.2) is 0 Å². The van der Waals surface area contributed by atoms with E-state index in [1.54, 1.807) is 0 Å². The Kier molecular flexibility index (Phi) is 3.70. The second kappa shape index (κ2) is 4.89. The lowest BCUT2D eigenvalue weighted by Crippen LogP contribution is -2.28. The SMILES string of the molecule is CCC1CCC(O)(Cc2ccccc2Br)C1. The van der Waals surface area contributed by atoms with Crippen molar-refractivity contribution in [2.45, 2.75) is 44.6 Å². The molecule has 1 saturated carbocycles. The number of hydrogen-bond acceptors (Lipinski definition) is 1. The summed E-state index contributed by atoms with van der Waals surface area (Å²) >= 11 is 3.55. The van der Waals surface area contributed by atoms with Gasteiger partial charge in [0.25, 0.3) is 0 Å². The molecule has 1 aliphatic carbocycles. The molecule has 16 heavy (non-hydrogen) atoms. The molecule has 0 bridgehead atoms. The normalized spacial score (nSPS) is 29.6. The third-order valence-corrected chi connectivity index (χ3v) is 4.51. The molecular formula is C14H19BrO. The molecule has 1 aliphatic rings. The fourth-order valence-corrected chi connectivity index (χ4v) is 3.14. The molecule has 0 saturated heterocycles. The van der Waals surface area contributed by atoms with Crippen LogP contribution in [0.5, 0.6) is 0 Å². The number of hydrogen-bond donors (Lipinski definition) is 1. The highest BCUT2D eigenvalue weighted by Gasteiger charge is 2.36. The van der Waals surface area contributed by atoms with Crippen LogP contribution in [0.3, 0.4) is 0 Å². The smallest absolute Gasteiger partial charge is 0.0691 e. The van der Waals surface area contributed by atoms with Crippen molar-refractivity contribution in [2.75, 3.05) is 0 Å². The van der Waals surface area contributed by atoms with E-state index in [0.717, 1.165) is 23.7 Å². The van der Waals surface area contributed by atoms with Crippen molar-refractivity contribution in [2.24, 2.45) is 5.92 Å². The van der Waals surface area contributed by atoms with Gasteiger partial charge in [0.05, 0.1) is 5.60 Å². The van der Waals surface area contributed by atoms with Crippen molar-refractivity contribution in [1.82, 2.24) is 0 Å². The van der Waals surface area contributed by atoms with Crippen molar-refractivity contribution < 1.29 is 5.11 Å². The summed E-state index contributed by atoms with van der Waals surface area (Å²) < 4.78 is 1.11. The maximum Gasteiger partial charge on any atom is 0.0691 e. The first-order chi connectivity index (χ1) is 7.63. The van der Waals surface area contributed by atoms with Crippen LogP contribution in [-0.2, 0) is 6.42 Å². The summed E-state index contributed by atoms with van der Waals surface area (Å²) in [4.78, 5) is 0. The molecule has 2 heteroatoms. The third kappa shape index (κ3) is 2.67. The van der Waals surface area contributed by atoms with Gasteiger partial charge in [0, 0.05) is 10.9 Å². The Morgan fingerprint density at radius 1 is 1.44 bits per heavy atom. The zero-order chi connectivity index (χ0) is 11.6. The quantitative estimate of drug-likeness (QED) is 0.891. The minimum atomic E-state index is -0.468. The third-order valence-electron chi connectivity index (χ3n) is 3.74. The van der Waals surface area contributed by atoms with Crippen molar-refractivity contribution in [3.05, 3.63) is 34.3 Å². The fourth-order valence-electron chi connectivity index (χ4n) is 2.72. The lowest BCUT2D eigenvalue weighted by atomic mass is 9.91. The van der Waals surface area contributed by atoms with Gasteiger partial charge in [-0.05, 0) is 36.8 Å². The van der Waals surface area contributed by atoms with Crippen LogP contribution in [0.15, 0.2) is 28.7 Å². The van der Waals surface area contributed by atoms with E-state index in [1.807, 2.05) is 18.2 Å². The Hall–Kier alpha value is -0.340. The predicted octanol–water partition coefficient (Wildman–Crippen LogP) is 3.93. The molecule has 0 spiro atoms. The molecule has 2 rings (SSSR count). The lowest BCUT2D eigenvalue weighted by molar-refractivity contribution is 0.0435. The Balaban J connectivity index is 2.08. The Morgan fingerprint density at radius 2 is 2.19 bits per heavy atom. The van der Waals surface area contributed by atoms with Crippen molar-refractivity contribution >= 4 is 15.9 Å². The number of benzene rings is 1. The number of halogens is 1. The molecule has 88 valence electrons. The van der Waals surface area contributed by atoms with Gasteiger partial charge in [-0.25, -0.2) is 0 Å². The van der Waals surface area contributed by atoms with Crippen molar-refractivity contribution in [1.29, 1.82) is 0 Å². The van der Waals surface area contributed by atoms with Gasteiger partial charge in [-0.1, -0.05) is 47.5 Å².